The molecule has 1 heterocycles. The first-order chi connectivity index (χ1) is 9.86. The van der Waals surface area contributed by atoms with Crippen LogP contribution in [0.1, 0.15) is 21.7 Å². The van der Waals surface area contributed by atoms with Crippen LogP contribution in [0, 0.1) is 13.8 Å². The number of aromatic carboxylic acids is 1. The highest BCUT2D eigenvalue weighted by Crippen LogP contribution is 2.23. The number of benzene rings is 1. The molecule has 0 unspecified atom stereocenters. The van der Waals surface area contributed by atoms with Crippen molar-refractivity contribution in [3.8, 4) is 0 Å². The number of H-pyrrole nitrogens is 1. The van der Waals surface area contributed by atoms with E-state index in [9.17, 15) is 9.59 Å². The highest BCUT2D eigenvalue weighted by atomic mass is 35.5. The van der Waals surface area contributed by atoms with E-state index in [0.29, 0.717) is 16.4 Å². The summed E-state index contributed by atoms with van der Waals surface area (Å²) in [6.45, 7) is 3.57. The topological polar surface area (TPSA) is 94.2 Å². The zero-order chi connectivity index (χ0) is 15.6. The molecule has 0 fully saturated rings. The van der Waals surface area contributed by atoms with E-state index in [-0.39, 0.29) is 11.4 Å². The van der Waals surface area contributed by atoms with E-state index < -0.39 is 12.0 Å². The van der Waals surface area contributed by atoms with Crippen molar-refractivity contribution >= 4 is 35.0 Å². The number of carboxylic acid groups (broad SMARTS) is 1. The number of amides is 2. The van der Waals surface area contributed by atoms with E-state index in [2.05, 4.69) is 15.6 Å². The third-order valence-corrected chi connectivity index (χ3v) is 3.11. The van der Waals surface area contributed by atoms with Gasteiger partial charge in [0.25, 0.3) is 0 Å². The van der Waals surface area contributed by atoms with Crippen LogP contribution >= 0.6 is 11.6 Å². The van der Waals surface area contributed by atoms with Gasteiger partial charge in [-0.15, -0.1) is 0 Å². The lowest BCUT2D eigenvalue weighted by Crippen LogP contribution is -2.20. The molecule has 2 aromatic rings. The highest BCUT2D eigenvalue weighted by molar-refractivity contribution is 6.33. The Morgan fingerprint density at radius 2 is 1.81 bits per heavy atom. The number of anilines is 2. The molecule has 0 spiro atoms. The molecule has 110 valence electrons. The smallest absolute Gasteiger partial charge is 0.354 e. The number of urea groups is 1. The summed E-state index contributed by atoms with van der Waals surface area (Å²) in [4.78, 5) is 25.7. The van der Waals surface area contributed by atoms with Crippen molar-refractivity contribution in [2.45, 2.75) is 13.8 Å². The van der Waals surface area contributed by atoms with Crippen molar-refractivity contribution in [1.29, 1.82) is 0 Å². The lowest BCUT2D eigenvalue weighted by Gasteiger charge is -2.09. The van der Waals surface area contributed by atoms with Crippen LogP contribution in [0.3, 0.4) is 0 Å². The summed E-state index contributed by atoms with van der Waals surface area (Å²) in [6.07, 6.45) is 0. The monoisotopic (exact) mass is 307 g/mol. The minimum Gasteiger partial charge on any atom is -0.477 e. The van der Waals surface area contributed by atoms with Gasteiger partial charge >= 0.3 is 12.0 Å². The Labute approximate surface area is 126 Å². The third-order valence-electron chi connectivity index (χ3n) is 2.78. The lowest BCUT2D eigenvalue weighted by atomic mass is 10.2. The number of carbonyl (C=O) groups excluding carboxylic acids is 1. The second kappa shape index (κ2) is 5.88. The first-order valence-electron chi connectivity index (χ1n) is 6.14. The molecular formula is C14H14ClN3O3. The number of hydrogen-bond acceptors (Lipinski definition) is 2. The average molecular weight is 308 g/mol. The number of carbonyl (C=O) groups is 2. The number of hydrogen-bond donors (Lipinski definition) is 4. The van der Waals surface area contributed by atoms with Crippen LogP contribution in [0.15, 0.2) is 24.3 Å². The normalized spacial score (nSPS) is 10.2. The number of aromatic amines is 1. The van der Waals surface area contributed by atoms with Gasteiger partial charge in [-0.2, -0.15) is 0 Å². The summed E-state index contributed by atoms with van der Waals surface area (Å²) in [5, 5.41) is 14.5. The van der Waals surface area contributed by atoms with Gasteiger partial charge in [-0.25, -0.2) is 9.59 Å². The maximum atomic E-state index is 11.9. The molecule has 0 atom stereocenters. The van der Waals surface area contributed by atoms with E-state index in [1.54, 1.807) is 25.1 Å². The molecule has 0 aliphatic carbocycles. The van der Waals surface area contributed by atoms with Crippen LogP contribution in [0.5, 0.6) is 0 Å². The average Bonchev–Trinajstić information content (AvgIpc) is 2.75. The van der Waals surface area contributed by atoms with Gasteiger partial charge in [-0.1, -0.05) is 17.7 Å². The van der Waals surface area contributed by atoms with Gasteiger partial charge in [0.1, 0.15) is 5.69 Å². The third kappa shape index (κ3) is 3.55. The number of nitrogens with one attached hydrogen (secondary N) is 3. The van der Waals surface area contributed by atoms with Crippen LogP contribution in [-0.2, 0) is 0 Å². The number of rotatable bonds is 3. The summed E-state index contributed by atoms with van der Waals surface area (Å²) in [5.41, 5.74) is 2.16. The standard InChI is InChI=1S/C14H14ClN3O3/c1-7-3-4-9(15)10(5-7)17-14(21)18-11-6-8(2)16-12(11)13(19)20/h3-6,16H,1-2H3,(H,19,20)(H2,17,18,21). The predicted molar refractivity (Wildman–Crippen MR) is 81.3 cm³/mol. The van der Waals surface area contributed by atoms with Crippen molar-refractivity contribution in [2.75, 3.05) is 10.6 Å². The van der Waals surface area contributed by atoms with Crippen LogP contribution < -0.4 is 10.6 Å². The lowest BCUT2D eigenvalue weighted by molar-refractivity contribution is 0.0692. The summed E-state index contributed by atoms with van der Waals surface area (Å²) in [7, 11) is 0. The van der Waals surface area contributed by atoms with Crippen molar-refractivity contribution in [1.82, 2.24) is 4.98 Å². The van der Waals surface area contributed by atoms with Gasteiger partial charge in [0.15, 0.2) is 0 Å². The van der Waals surface area contributed by atoms with Crippen molar-refractivity contribution in [3.63, 3.8) is 0 Å². The van der Waals surface area contributed by atoms with Gasteiger partial charge in [-0.3, -0.25) is 0 Å². The quantitative estimate of drug-likeness (QED) is 0.697. The molecule has 0 saturated heterocycles. The molecule has 6 nitrogen and oxygen atoms in total. The van der Waals surface area contributed by atoms with Crippen LogP contribution in [-0.4, -0.2) is 22.1 Å². The van der Waals surface area contributed by atoms with Crippen molar-refractivity contribution in [2.24, 2.45) is 0 Å². The molecule has 0 aliphatic heterocycles. The van der Waals surface area contributed by atoms with Crippen molar-refractivity contribution < 1.29 is 14.7 Å². The Balaban J connectivity index is 2.15. The van der Waals surface area contributed by atoms with Gasteiger partial charge in [-0.05, 0) is 37.6 Å². The van der Waals surface area contributed by atoms with Crippen LogP contribution in [0.4, 0.5) is 16.2 Å². The molecule has 1 aromatic carbocycles. The Kier molecular flexibility index (Phi) is 4.18. The second-order valence-electron chi connectivity index (χ2n) is 4.61. The van der Waals surface area contributed by atoms with E-state index in [1.165, 1.54) is 0 Å². The molecule has 21 heavy (non-hydrogen) atoms. The molecule has 4 N–H and O–H groups in total. The number of aromatic nitrogens is 1. The zero-order valence-corrected chi connectivity index (χ0v) is 12.2. The molecule has 0 saturated carbocycles. The van der Waals surface area contributed by atoms with Gasteiger partial charge in [0, 0.05) is 5.69 Å². The first kappa shape index (κ1) is 14.9. The predicted octanol–water partition coefficient (Wildman–Crippen LogP) is 3.63. The fraction of sp³-hybridized carbons (Fsp3) is 0.143. The van der Waals surface area contributed by atoms with E-state index in [4.69, 9.17) is 16.7 Å². The van der Waals surface area contributed by atoms with Gasteiger partial charge in [0.05, 0.1) is 16.4 Å². The van der Waals surface area contributed by atoms with Crippen LogP contribution in [0.2, 0.25) is 5.02 Å². The first-order valence-corrected chi connectivity index (χ1v) is 6.51. The second-order valence-corrected chi connectivity index (χ2v) is 5.02. The summed E-state index contributed by atoms with van der Waals surface area (Å²) < 4.78 is 0. The molecule has 2 amide bonds. The molecular weight excluding hydrogens is 294 g/mol. The summed E-state index contributed by atoms with van der Waals surface area (Å²) in [5.74, 6) is -1.15. The molecule has 0 aliphatic rings. The summed E-state index contributed by atoms with van der Waals surface area (Å²) >= 11 is 5.99. The number of aryl methyl sites for hydroxylation is 2. The maximum Gasteiger partial charge on any atom is 0.354 e. The fourth-order valence-corrected chi connectivity index (χ4v) is 2.03. The number of halogens is 1. The zero-order valence-electron chi connectivity index (χ0n) is 11.5. The molecule has 0 radical (unpaired) electrons. The van der Waals surface area contributed by atoms with E-state index in [0.717, 1.165) is 5.56 Å². The largest absolute Gasteiger partial charge is 0.477 e. The Bertz CT molecular complexity index is 709. The minimum atomic E-state index is -1.15. The Morgan fingerprint density at radius 1 is 1.14 bits per heavy atom. The fourth-order valence-electron chi connectivity index (χ4n) is 1.87. The van der Waals surface area contributed by atoms with E-state index in [1.807, 2.05) is 13.0 Å². The van der Waals surface area contributed by atoms with E-state index >= 15 is 0 Å². The van der Waals surface area contributed by atoms with Gasteiger partial charge in [0.2, 0.25) is 0 Å². The molecule has 7 heteroatoms. The molecule has 2 rings (SSSR count). The highest BCUT2D eigenvalue weighted by Gasteiger charge is 2.15. The maximum absolute atomic E-state index is 11.9. The SMILES string of the molecule is Cc1ccc(Cl)c(NC(=O)Nc2cc(C)[nH]c2C(=O)O)c1. The molecule has 1 aromatic heterocycles. The van der Waals surface area contributed by atoms with Crippen LogP contribution in [0.25, 0.3) is 0 Å². The van der Waals surface area contributed by atoms with Crippen molar-refractivity contribution in [3.05, 3.63) is 46.2 Å². The summed E-state index contributed by atoms with van der Waals surface area (Å²) in [6, 6.07) is 6.20. The molecule has 0 bridgehead atoms. The van der Waals surface area contributed by atoms with Gasteiger partial charge < -0.3 is 20.7 Å². The Hall–Kier alpha value is -2.47. The number of carboxylic acids is 1. The Morgan fingerprint density at radius 3 is 2.48 bits per heavy atom. The minimum absolute atomic E-state index is 0.0713.